The van der Waals surface area contributed by atoms with Gasteiger partial charge in [-0.2, -0.15) is 13.2 Å². The summed E-state index contributed by atoms with van der Waals surface area (Å²) in [5, 5.41) is 2.38. The molecule has 33 heavy (non-hydrogen) atoms. The third-order valence-corrected chi connectivity index (χ3v) is 6.23. The van der Waals surface area contributed by atoms with E-state index in [2.05, 4.69) is 14.7 Å². The van der Waals surface area contributed by atoms with Crippen LogP contribution in [0.5, 0.6) is 11.6 Å². The van der Waals surface area contributed by atoms with Gasteiger partial charge in [0.2, 0.25) is 5.88 Å². The van der Waals surface area contributed by atoms with Crippen LogP contribution in [0, 0.1) is 11.6 Å². The van der Waals surface area contributed by atoms with E-state index in [-0.39, 0.29) is 10.6 Å². The molecule has 0 aliphatic rings. The van der Waals surface area contributed by atoms with Crippen molar-refractivity contribution in [3.8, 4) is 11.6 Å². The molecule has 174 valence electrons. The summed E-state index contributed by atoms with van der Waals surface area (Å²) in [6, 6.07) is 8.55. The van der Waals surface area contributed by atoms with E-state index in [1.165, 1.54) is 37.6 Å². The number of halogens is 5. The van der Waals surface area contributed by atoms with Gasteiger partial charge in [-0.15, -0.1) is 0 Å². The Kier molecular flexibility index (Phi) is 6.68. The number of carbonyl (C=O) groups is 1. The van der Waals surface area contributed by atoms with E-state index in [1.54, 1.807) is 0 Å². The number of alkyl halides is 3. The molecule has 1 atom stereocenters. The van der Waals surface area contributed by atoms with E-state index in [9.17, 15) is 31.0 Å². The fourth-order valence-electron chi connectivity index (χ4n) is 2.63. The fraction of sp³-hybridized carbons (Fsp3) is 0.143. The minimum absolute atomic E-state index is 0.118. The molecule has 0 saturated carbocycles. The van der Waals surface area contributed by atoms with Gasteiger partial charge in [0.1, 0.15) is 11.4 Å². The van der Waals surface area contributed by atoms with Gasteiger partial charge in [0.25, 0.3) is 5.91 Å². The number of amides is 1. The summed E-state index contributed by atoms with van der Waals surface area (Å²) in [7, 11) is -1.38. The molecule has 0 saturated heterocycles. The fourth-order valence-corrected chi connectivity index (χ4v) is 3.51. The SMILES string of the molecule is CN=S(C)(=O)c1cccc(NC(=O)c2cc(C(F)(F)F)cnc2Oc2ccc(F)cc2F)c1. The van der Waals surface area contributed by atoms with E-state index < -0.39 is 56.2 Å². The second-order valence-electron chi connectivity index (χ2n) is 6.72. The van der Waals surface area contributed by atoms with Gasteiger partial charge in [0.15, 0.2) is 11.6 Å². The molecule has 1 aromatic heterocycles. The Labute approximate surface area is 185 Å². The van der Waals surface area contributed by atoms with Gasteiger partial charge in [0.05, 0.1) is 15.3 Å². The van der Waals surface area contributed by atoms with E-state index in [0.717, 1.165) is 12.1 Å². The number of nitrogens with one attached hydrogen (secondary N) is 1. The number of carbonyl (C=O) groups excluding carboxylic acids is 1. The molecule has 0 aliphatic heterocycles. The standard InChI is InChI=1S/C21H16F5N3O3S/c1-27-33(2,31)15-5-3-4-14(10-15)29-19(30)16-8-12(21(24,25)26)11-28-20(16)32-18-7-6-13(22)9-17(18)23/h3-11H,1-2H3,(H,29,30). The van der Waals surface area contributed by atoms with Crippen LogP contribution in [0.3, 0.4) is 0 Å². The summed E-state index contributed by atoms with van der Waals surface area (Å²) < 4.78 is 88.1. The molecule has 3 rings (SSSR count). The molecule has 1 amide bonds. The molecular weight excluding hydrogens is 469 g/mol. The molecule has 0 radical (unpaired) electrons. The van der Waals surface area contributed by atoms with Crippen molar-refractivity contribution in [3.63, 3.8) is 0 Å². The Morgan fingerprint density at radius 1 is 1.12 bits per heavy atom. The zero-order valence-electron chi connectivity index (χ0n) is 17.1. The number of aromatic nitrogens is 1. The molecule has 3 aromatic rings. The van der Waals surface area contributed by atoms with Crippen LogP contribution in [0.15, 0.2) is 64.0 Å². The van der Waals surface area contributed by atoms with Gasteiger partial charge in [-0.05, 0) is 36.4 Å². The van der Waals surface area contributed by atoms with Gasteiger partial charge in [-0.1, -0.05) is 6.07 Å². The van der Waals surface area contributed by atoms with Crippen LogP contribution >= 0.6 is 0 Å². The lowest BCUT2D eigenvalue weighted by Crippen LogP contribution is -2.16. The zero-order valence-corrected chi connectivity index (χ0v) is 17.9. The van der Waals surface area contributed by atoms with Crippen molar-refractivity contribution in [2.75, 3.05) is 18.6 Å². The van der Waals surface area contributed by atoms with Gasteiger partial charge >= 0.3 is 6.18 Å². The number of ether oxygens (including phenoxy) is 1. The first-order valence-electron chi connectivity index (χ1n) is 9.12. The van der Waals surface area contributed by atoms with Gasteiger partial charge in [-0.25, -0.2) is 22.3 Å². The highest BCUT2D eigenvalue weighted by molar-refractivity contribution is 7.93. The topological polar surface area (TPSA) is 80.7 Å². The molecule has 1 N–H and O–H groups in total. The lowest BCUT2D eigenvalue weighted by molar-refractivity contribution is -0.137. The summed E-state index contributed by atoms with van der Waals surface area (Å²) in [6.07, 6.45) is -3.02. The lowest BCUT2D eigenvalue weighted by atomic mass is 10.1. The maximum absolute atomic E-state index is 14.0. The van der Waals surface area contributed by atoms with Crippen LogP contribution in [0.4, 0.5) is 27.6 Å². The minimum Gasteiger partial charge on any atom is -0.435 e. The van der Waals surface area contributed by atoms with Crippen molar-refractivity contribution in [2.45, 2.75) is 11.1 Å². The monoisotopic (exact) mass is 485 g/mol. The highest BCUT2D eigenvalue weighted by Gasteiger charge is 2.33. The number of nitrogens with zero attached hydrogens (tertiary/aromatic N) is 2. The molecule has 0 aliphatic carbocycles. The third-order valence-electron chi connectivity index (χ3n) is 4.40. The van der Waals surface area contributed by atoms with Crippen LogP contribution in [0.25, 0.3) is 0 Å². The van der Waals surface area contributed by atoms with E-state index in [0.29, 0.717) is 18.3 Å². The average Bonchev–Trinajstić information content (AvgIpc) is 2.75. The molecule has 12 heteroatoms. The second-order valence-corrected chi connectivity index (χ2v) is 9.16. The Bertz CT molecular complexity index is 1330. The van der Waals surface area contributed by atoms with Gasteiger partial charge in [-0.3, -0.25) is 4.79 Å². The lowest BCUT2D eigenvalue weighted by Gasteiger charge is -2.14. The van der Waals surface area contributed by atoms with Crippen molar-refractivity contribution >= 4 is 21.3 Å². The van der Waals surface area contributed by atoms with Crippen LogP contribution in [0.1, 0.15) is 15.9 Å². The highest BCUT2D eigenvalue weighted by Crippen LogP contribution is 2.33. The molecule has 0 spiro atoms. The first kappa shape index (κ1) is 24.1. The summed E-state index contributed by atoms with van der Waals surface area (Å²) in [6.45, 7) is 0. The highest BCUT2D eigenvalue weighted by atomic mass is 32.2. The second kappa shape index (κ2) is 9.14. The first-order valence-corrected chi connectivity index (χ1v) is 11.0. The summed E-state index contributed by atoms with van der Waals surface area (Å²) in [4.78, 5) is 16.6. The molecule has 2 aromatic carbocycles. The molecule has 0 bridgehead atoms. The summed E-state index contributed by atoms with van der Waals surface area (Å²) >= 11 is 0. The van der Waals surface area contributed by atoms with Crippen molar-refractivity contribution in [2.24, 2.45) is 4.36 Å². The number of rotatable bonds is 5. The van der Waals surface area contributed by atoms with Crippen LogP contribution in [-0.2, 0) is 15.9 Å². The van der Waals surface area contributed by atoms with Crippen molar-refractivity contribution < 1.29 is 35.7 Å². The third kappa shape index (κ3) is 5.64. The van der Waals surface area contributed by atoms with Gasteiger partial charge < -0.3 is 10.1 Å². The molecule has 1 heterocycles. The molecule has 1 unspecified atom stereocenters. The average molecular weight is 485 g/mol. The van der Waals surface area contributed by atoms with Crippen molar-refractivity contribution in [1.29, 1.82) is 0 Å². The number of hydrogen-bond donors (Lipinski definition) is 1. The van der Waals surface area contributed by atoms with Crippen molar-refractivity contribution in [1.82, 2.24) is 4.98 Å². The van der Waals surface area contributed by atoms with Crippen LogP contribution < -0.4 is 10.1 Å². The Balaban J connectivity index is 2.01. The normalized spacial score (nSPS) is 13.2. The summed E-state index contributed by atoms with van der Waals surface area (Å²) in [5.74, 6) is -4.28. The Morgan fingerprint density at radius 3 is 2.48 bits per heavy atom. The summed E-state index contributed by atoms with van der Waals surface area (Å²) in [5.41, 5.74) is -1.78. The first-order chi connectivity index (χ1) is 15.4. The maximum Gasteiger partial charge on any atom is 0.417 e. The smallest absolute Gasteiger partial charge is 0.417 e. The number of pyridine rings is 1. The van der Waals surface area contributed by atoms with Crippen molar-refractivity contribution in [3.05, 3.63) is 77.5 Å². The predicted molar refractivity (Wildman–Crippen MR) is 111 cm³/mol. The minimum atomic E-state index is -4.82. The largest absolute Gasteiger partial charge is 0.435 e. The number of hydrogen-bond acceptors (Lipinski definition) is 5. The maximum atomic E-state index is 14.0. The van der Waals surface area contributed by atoms with Crippen LogP contribution in [-0.4, -0.2) is 28.4 Å². The zero-order chi connectivity index (χ0) is 24.4. The van der Waals surface area contributed by atoms with E-state index in [4.69, 9.17) is 4.74 Å². The Morgan fingerprint density at radius 2 is 1.85 bits per heavy atom. The van der Waals surface area contributed by atoms with Gasteiger partial charge in [0, 0.05) is 36.1 Å². The molecular formula is C21H16F5N3O3S. The number of benzene rings is 2. The quantitative estimate of drug-likeness (QED) is 0.484. The van der Waals surface area contributed by atoms with E-state index in [1.807, 2.05) is 0 Å². The predicted octanol–water partition coefficient (Wildman–Crippen LogP) is 5.51. The van der Waals surface area contributed by atoms with E-state index >= 15 is 0 Å². The van der Waals surface area contributed by atoms with Crippen LogP contribution in [0.2, 0.25) is 0 Å². The molecule has 0 fully saturated rings. The molecule has 6 nitrogen and oxygen atoms in total. The Hall–Kier alpha value is -3.54. The number of anilines is 1.